The summed E-state index contributed by atoms with van der Waals surface area (Å²) in [6, 6.07) is 20.1. The lowest BCUT2D eigenvalue weighted by molar-refractivity contribution is 0.215. The molecular weight excluding hydrogens is 388 g/mol. The Bertz CT molecular complexity index is 1270. The van der Waals surface area contributed by atoms with Crippen LogP contribution in [-0.2, 0) is 6.54 Å². The second-order valence-electron chi connectivity index (χ2n) is 7.75. The van der Waals surface area contributed by atoms with E-state index < -0.39 is 0 Å². The average molecular weight is 410 g/mol. The molecule has 1 saturated heterocycles. The smallest absolute Gasteiger partial charge is 0.241 e. The molecule has 0 radical (unpaired) electrons. The first-order valence-electron chi connectivity index (χ1n) is 10.4. The molecule has 154 valence electrons. The molecule has 1 aliphatic rings. The van der Waals surface area contributed by atoms with Gasteiger partial charge >= 0.3 is 0 Å². The highest BCUT2D eigenvalue weighted by Crippen LogP contribution is 2.28. The molecule has 1 fully saturated rings. The monoisotopic (exact) mass is 410 g/mol. The van der Waals surface area contributed by atoms with Crippen molar-refractivity contribution in [2.24, 2.45) is 0 Å². The average Bonchev–Trinajstić information content (AvgIpc) is 3.27. The van der Waals surface area contributed by atoms with Gasteiger partial charge in [0.25, 0.3) is 0 Å². The Morgan fingerprint density at radius 1 is 1.00 bits per heavy atom. The van der Waals surface area contributed by atoms with E-state index in [2.05, 4.69) is 37.1 Å². The summed E-state index contributed by atoms with van der Waals surface area (Å²) in [6.07, 6.45) is 0. The predicted octanol–water partition coefficient (Wildman–Crippen LogP) is 3.79. The van der Waals surface area contributed by atoms with Gasteiger partial charge in [0.2, 0.25) is 11.7 Å². The minimum absolute atomic E-state index is 0.450. The number of pyridine rings is 1. The maximum Gasteiger partial charge on any atom is 0.241 e. The SMILES string of the molecule is Cc1ccccc1-c1noc(CN2CCN(c3cc(C#N)nc4ccccc34)CC2)n1. The van der Waals surface area contributed by atoms with Gasteiger partial charge in [-0.25, -0.2) is 4.98 Å². The molecular formula is C24H22N6O. The van der Waals surface area contributed by atoms with E-state index in [4.69, 9.17) is 4.52 Å². The molecule has 0 aliphatic carbocycles. The van der Waals surface area contributed by atoms with Crippen LogP contribution in [0.3, 0.4) is 0 Å². The van der Waals surface area contributed by atoms with Crippen molar-refractivity contribution in [1.29, 1.82) is 5.26 Å². The molecule has 0 amide bonds. The molecule has 0 saturated carbocycles. The summed E-state index contributed by atoms with van der Waals surface area (Å²) in [5.41, 5.74) is 4.51. The predicted molar refractivity (Wildman–Crippen MR) is 118 cm³/mol. The highest BCUT2D eigenvalue weighted by atomic mass is 16.5. The van der Waals surface area contributed by atoms with Crippen molar-refractivity contribution in [3.8, 4) is 17.5 Å². The normalized spacial score (nSPS) is 14.6. The molecule has 0 unspecified atom stereocenters. The zero-order chi connectivity index (χ0) is 21.2. The van der Waals surface area contributed by atoms with Gasteiger partial charge in [-0.15, -0.1) is 0 Å². The minimum atomic E-state index is 0.450. The lowest BCUT2D eigenvalue weighted by Gasteiger charge is -2.36. The summed E-state index contributed by atoms with van der Waals surface area (Å²) in [5.74, 6) is 1.27. The number of piperazine rings is 1. The number of fused-ring (bicyclic) bond motifs is 1. The molecule has 31 heavy (non-hydrogen) atoms. The van der Waals surface area contributed by atoms with Gasteiger partial charge in [0.1, 0.15) is 11.8 Å². The number of rotatable bonds is 4. The number of hydrogen-bond donors (Lipinski definition) is 0. The fourth-order valence-corrected chi connectivity index (χ4v) is 4.07. The Kier molecular flexibility index (Phi) is 5.06. The Morgan fingerprint density at radius 3 is 2.58 bits per heavy atom. The van der Waals surface area contributed by atoms with Crippen molar-refractivity contribution in [3.63, 3.8) is 0 Å². The summed E-state index contributed by atoms with van der Waals surface area (Å²) in [4.78, 5) is 13.7. The highest BCUT2D eigenvalue weighted by molar-refractivity contribution is 5.92. The van der Waals surface area contributed by atoms with Crippen LogP contribution in [0, 0.1) is 18.3 Å². The van der Waals surface area contributed by atoms with E-state index in [1.807, 2.05) is 55.5 Å². The van der Waals surface area contributed by atoms with Crippen LogP contribution in [0.15, 0.2) is 59.1 Å². The van der Waals surface area contributed by atoms with E-state index in [0.29, 0.717) is 24.0 Å². The van der Waals surface area contributed by atoms with Crippen molar-refractivity contribution >= 4 is 16.6 Å². The molecule has 0 N–H and O–H groups in total. The summed E-state index contributed by atoms with van der Waals surface area (Å²) >= 11 is 0. The topological polar surface area (TPSA) is 82.1 Å². The summed E-state index contributed by atoms with van der Waals surface area (Å²) in [6.45, 7) is 6.15. The van der Waals surface area contributed by atoms with E-state index in [-0.39, 0.29) is 0 Å². The van der Waals surface area contributed by atoms with E-state index in [1.54, 1.807) is 0 Å². The molecule has 3 heterocycles. The van der Waals surface area contributed by atoms with Crippen LogP contribution in [0.25, 0.3) is 22.3 Å². The molecule has 4 aromatic rings. The van der Waals surface area contributed by atoms with Crippen LogP contribution in [0.1, 0.15) is 17.1 Å². The van der Waals surface area contributed by atoms with Crippen molar-refractivity contribution in [2.75, 3.05) is 31.1 Å². The van der Waals surface area contributed by atoms with Gasteiger partial charge in [0.05, 0.1) is 12.1 Å². The standard InChI is InChI=1S/C24H22N6O/c1-17-6-2-3-7-19(17)24-27-23(31-28-24)16-29-10-12-30(13-11-29)22-14-18(15-25)26-21-9-5-4-8-20(21)22/h2-9,14H,10-13,16H2,1H3. The third kappa shape index (κ3) is 3.86. The zero-order valence-electron chi connectivity index (χ0n) is 17.3. The Balaban J connectivity index is 1.28. The van der Waals surface area contributed by atoms with E-state index >= 15 is 0 Å². The molecule has 5 rings (SSSR count). The van der Waals surface area contributed by atoms with Gasteiger partial charge in [-0.05, 0) is 24.6 Å². The molecule has 0 spiro atoms. The summed E-state index contributed by atoms with van der Waals surface area (Å²) in [7, 11) is 0. The largest absolute Gasteiger partial charge is 0.368 e. The Labute approximate surface area is 180 Å². The number of nitrogens with zero attached hydrogens (tertiary/aromatic N) is 6. The lowest BCUT2D eigenvalue weighted by atomic mass is 10.1. The minimum Gasteiger partial charge on any atom is -0.368 e. The van der Waals surface area contributed by atoms with Crippen molar-refractivity contribution in [1.82, 2.24) is 20.0 Å². The third-order valence-electron chi connectivity index (χ3n) is 5.73. The van der Waals surface area contributed by atoms with Crippen LogP contribution in [0.5, 0.6) is 0 Å². The number of hydrogen-bond acceptors (Lipinski definition) is 7. The quantitative estimate of drug-likeness (QED) is 0.506. The van der Waals surface area contributed by atoms with Crippen molar-refractivity contribution < 1.29 is 4.52 Å². The van der Waals surface area contributed by atoms with Crippen LogP contribution >= 0.6 is 0 Å². The molecule has 2 aromatic carbocycles. The molecule has 0 atom stereocenters. The number of aryl methyl sites for hydroxylation is 1. The number of para-hydroxylation sites is 1. The van der Waals surface area contributed by atoms with Crippen LogP contribution < -0.4 is 4.90 Å². The van der Waals surface area contributed by atoms with Gasteiger partial charge in [-0.3, -0.25) is 4.90 Å². The van der Waals surface area contributed by atoms with Crippen molar-refractivity contribution in [2.45, 2.75) is 13.5 Å². The highest BCUT2D eigenvalue weighted by Gasteiger charge is 2.22. The fraction of sp³-hybridized carbons (Fsp3) is 0.250. The van der Waals surface area contributed by atoms with Gasteiger partial charge in [-0.1, -0.05) is 47.6 Å². The zero-order valence-corrected chi connectivity index (χ0v) is 17.3. The summed E-state index contributed by atoms with van der Waals surface area (Å²) < 4.78 is 5.52. The maximum atomic E-state index is 9.36. The first kappa shape index (κ1) is 19.2. The van der Waals surface area contributed by atoms with E-state index in [1.165, 1.54) is 0 Å². The Morgan fingerprint density at radius 2 is 1.77 bits per heavy atom. The van der Waals surface area contributed by atoms with E-state index in [0.717, 1.165) is 53.9 Å². The van der Waals surface area contributed by atoms with Gasteiger partial charge in [0, 0.05) is 42.8 Å². The van der Waals surface area contributed by atoms with Crippen LogP contribution in [-0.4, -0.2) is 46.2 Å². The van der Waals surface area contributed by atoms with Crippen LogP contribution in [0.2, 0.25) is 0 Å². The summed E-state index contributed by atoms with van der Waals surface area (Å²) in [5, 5.41) is 14.6. The number of anilines is 1. The first-order valence-corrected chi connectivity index (χ1v) is 10.4. The molecule has 2 aromatic heterocycles. The fourth-order valence-electron chi connectivity index (χ4n) is 4.07. The third-order valence-corrected chi connectivity index (χ3v) is 5.73. The van der Waals surface area contributed by atoms with Gasteiger partial charge in [0.15, 0.2) is 0 Å². The second kappa shape index (κ2) is 8.17. The molecule has 1 aliphatic heterocycles. The van der Waals surface area contributed by atoms with Gasteiger partial charge < -0.3 is 9.42 Å². The molecule has 7 nitrogen and oxygen atoms in total. The second-order valence-corrected chi connectivity index (χ2v) is 7.75. The Hall–Kier alpha value is -3.76. The number of benzene rings is 2. The van der Waals surface area contributed by atoms with Gasteiger partial charge in [-0.2, -0.15) is 10.2 Å². The first-order chi connectivity index (χ1) is 15.2. The number of nitriles is 1. The van der Waals surface area contributed by atoms with E-state index in [9.17, 15) is 5.26 Å². The van der Waals surface area contributed by atoms with Crippen LogP contribution in [0.4, 0.5) is 5.69 Å². The molecule has 7 heteroatoms. The maximum absolute atomic E-state index is 9.36. The van der Waals surface area contributed by atoms with Crippen molar-refractivity contribution in [3.05, 3.63) is 71.7 Å². The lowest BCUT2D eigenvalue weighted by Crippen LogP contribution is -2.46. The molecule has 0 bridgehead atoms. The number of aromatic nitrogens is 3.